The first-order valence-corrected chi connectivity index (χ1v) is 9.19. The molecule has 1 aliphatic heterocycles. The molecule has 2 heterocycles. The summed E-state index contributed by atoms with van der Waals surface area (Å²) in [4.78, 5) is 21.7. The number of fused-ring (bicyclic) bond motifs is 1. The molecule has 2 aromatic carbocycles. The van der Waals surface area contributed by atoms with Crippen molar-refractivity contribution in [2.24, 2.45) is 0 Å². The van der Waals surface area contributed by atoms with Crippen LogP contribution in [0, 0.1) is 0 Å². The number of nitrogens with one attached hydrogen (secondary N) is 2. The number of aromatic amines is 1. The summed E-state index contributed by atoms with van der Waals surface area (Å²) in [7, 11) is 0. The first kappa shape index (κ1) is 18.1. The van der Waals surface area contributed by atoms with Gasteiger partial charge in [-0.05, 0) is 23.8 Å². The summed E-state index contributed by atoms with van der Waals surface area (Å²) >= 11 is 0. The molecule has 7 nitrogen and oxygen atoms in total. The van der Waals surface area contributed by atoms with E-state index in [-0.39, 0.29) is 12.5 Å². The summed E-state index contributed by atoms with van der Waals surface area (Å²) < 4.78 is 11.2. The summed E-state index contributed by atoms with van der Waals surface area (Å²) in [6.07, 6.45) is 3.55. The Bertz CT molecular complexity index is 913. The molecule has 0 unspecified atom stereocenters. The van der Waals surface area contributed by atoms with Gasteiger partial charge in [-0.1, -0.05) is 30.3 Å². The number of amides is 1. The first-order chi connectivity index (χ1) is 13.8. The summed E-state index contributed by atoms with van der Waals surface area (Å²) in [6, 6.07) is 15.4. The predicted octanol–water partition coefficient (Wildman–Crippen LogP) is 2.96. The average Bonchev–Trinajstić information content (AvgIpc) is 3.22. The van der Waals surface area contributed by atoms with Crippen molar-refractivity contribution < 1.29 is 14.3 Å². The number of imidazole rings is 1. The highest BCUT2D eigenvalue weighted by Gasteiger charge is 2.19. The minimum atomic E-state index is -0.188. The molecule has 0 spiro atoms. The Labute approximate surface area is 163 Å². The molecule has 1 amide bonds. The van der Waals surface area contributed by atoms with Crippen LogP contribution in [0.5, 0.6) is 5.75 Å². The van der Waals surface area contributed by atoms with E-state index in [9.17, 15) is 4.79 Å². The second-order valence-electron chi connectivity index (χ2n) is 6.54. The van der Waals surface area contributed by atoms with Gasteiger partial charge in [0.1, 0.15) is 19.0 Å². The molecule has 3 aromatic rings. The van der Waals surface area contributed by atoms with E-state index in [1.165, 1.54) is 0 Å². The molecule has 0 aliphatic carbocycles. The minimum Gasteiger partial charge on any atom is -0.490 e. The highest BCUT2D eigenvalue weighted by Crippen LogP contribution is 2.34. The smallest absolute Gasteiger partial charge is 0.250 e. The lowest BCUT2D eigenvalue weighted by atomic mass is 10.2. The third-order valence-electron chi connectivity index (χ3n) is 4.45. The lowest BCUT2D eigenvalue weighted by molar-refractivity contribution is -0.121. The fourth-order valence-electron chi connectivity index (χ4n) is 3.12. The van der Waals surface area contributed by atoms with Gasteiger partial charge >= 0.3 is 0 Å². The van der Waals surface area contributed by atoms with Gasteiger partial charge in [-0.25, -0.2) is 4.98 Å². The van der Waals surface area contributed by atoms with Crippen LogP contribution in [-0.2, 0) is 22.7 Å². The van der Waals surface area contributed by atoms with Crippen molar-refractivity contribution >= 4 is 17.3 Å². The zero-order valence-corrected chi connectivity index (χ0v) is 15.4. The molecule has 7 heteroatoms. The third-order valence-corrected chi connectivity index (χ3v) is 4.45. The maximum absolute atomic E-state index is 12.2. The standard InChI is InChI=1S/C21H22N4O3/c26-21(14-27-13-16-4-2-1-3-5-16)24-17-6-7-20-19(10-17)25(8-9-28-20)12-18-11-22-15-23-18/h1-7,10-11,15H,8-9,12-14H2,(H,22,23)(H,24,26). The highest BCUT2D eigenvalue weighted by atomic mass is 16.5. The van der Waals surface area contributed by atoms with Crippen LogP contribution in [0.2, 0.25) is 0 Å². The van der Waals surface area contributed by atoms with E-state index in [4.69, 9.17) is 9.47 Å². The number of aromatic nitrogens is 2. The molecule has 0 fully saturated rings. The molecule has 0 atom stereocenters. The highest BCUT2D eigenvalue weighted by molar-refractivity contribution is 5.92. The molecule has 4 rings (SSSR count). The van der Waals surface area contributed by atoms with Crippen molar-refractivity contribution in [2.45, 2.75) is 13.2 Å². The SMILES string of the molecule is O=C(COCc1ccccc1)Nc1ccc2c(c1)N(Cc1c[nH]cn1)CCO2. The van der Waals surface area contributed by atoms with Crippen LogP contribution < -0.4 is 15.0 Å². The van der Waals surface area contributed by atoms with Gasteiger partial charge in [0.05, 0.1) is 37.4 Å². The van der Waals surface area contributed by atoms with E-state index in [1.807, 2.05) is 54.7 Å². The second kappa shape index (κ2) is 8.58. The molecule has 1 aromatic heterocycles. The van der Waals surface area contributed by atoms with Gasteiger partial charge in [0.2, 0.25) is 5.91 Å². The van der Waals surface area contributed by atoms with Gasteiger partial charge in [-0.2, -0.15) is 0 Å². The fraction of sp³-hybridized carbons (Fsp3) is 0.238. The zero-order valence-electron chi connectivity index (χ0n) is 15.4. The van der Waals surface area contributed by atoms with E-state index < -0.39 is 0 Å². The van der Waals surface area contributed by atoms with Crippen LogP contribution in [0.25, 0.3) is 0 Å². The van der Waals surface area contributed by atoms with Gasteiger partial charge in [0, 0.05) is 11.9 Å². The van der Waals surface area contributed by atoms with Crippen molar-refractivity contribution in [1.29, 1.82) is 0 Å². The molecule has 28 heavy (non-hydrogen) atoms. The van der Waals surface area contributed by atoms with Crippen LogP contribution in [0.1, 0.15) is 11.3 Å². The van der Waals surface area contributed by atoms with Crippen molar-refractivity contribution in [3.63, 3.8) is 0 Å². The van der Waals surface area contributed by atoms with E-state index in [1.54, 1.807) is 6.33 Å². The summed E-state index contributed by atoms with van der Waals surface area (Å²) in [5.74, 6) is 0.617. The number of benzene rings is 2. The van der Waals surface area contributed by atoms with E-state index >= 15 is 0 Å². The molecule has 1 aliphatic rings. The molecular weight excluding hydrogens is 356 g/mol. The number of carbonyl (C=O) groups excluding carboxylic acids is 1. The largest absolute Gasteiger partial charge is 0.490 e. The summed E-state index contributed by atoms with van der Waals surface area (Å²) in [5.41, 5.74) is 3.65. The van der Waals surface area contributed by atoms with Crippen LogP contribution in [0.15, 0.2) is 61.1 Å². The molecule has 144 valence electrons. The number of anilines is 2. The van der Waals surface area contributed by atoms with Crippen molar-refractivity contribution in [2.75, 3.05) is 30.0 Å². The zero-order chi connectivity index (χ0) is 19.2. The molecule has 0 radical (unpaired) electrons. The number of hydrogen-bond donors (Lipinski definition) is 2. The Hall–Kier alpha value is -3.32. The third kappa shape index (κ3) is 4.50. The Morgan fingerprint density at radius 1 is 1.25 bits per heavy atom. The number of rotatable bonds is 7. The molecule has 2 N–H and O–H groups in total. The van der Waals surface area contributed by atoms with E-state index in [0.29, 0.717) is 25.4 Å². The Kier molecular flexibility index (Phi) is 5.53. The van der Waals surface area contributed by atoms with Crippen LogP contribution >= 0.6 is 0 Å². The maximum Gasteiger partial charge on any atom is 0.250 e. The number of ether oxygens (including phenoxy) is 2. The van der Waals surface area contributed by atoms with Gasteiger partial charge in [0.15, 0.2) is 0 Å². The number of nitrogens with zero attached hydrogens (tertiary/aromatic N) is 2. The van der Waals surface area contributed by atoms with E-state index in [0.717, 1.165) is 29.2 Å². The quantitative estimate of drug-likeness (QED) is 0.661. The van der Waals surface area contributed by atoms with Crippen molar-refractivity contribution in [3.8, 4) is 5.75 Å². The number of H-pyrrole nitrogens is 1. The molecular formula is C21H22N4O3. The van der Waals surface area contributed by atoms with Crippen LogP contribution in [0.4, 0.5) is 11.4 Å². The average molecular weight is 378 g/mol. The normalized spacial score (nSPS) is 12.9. The van der Waals surface area contributed by atoms with Gasteiger partial charge in [-0.3, -0.25) is 4.79 Å². The maximum atomic E-state index is 12.2. The number of hydrogen-bond acceptors (Lipinski definition) is 5. The molecule has 0 bridgehead atoms. The van der Waals surface area contributed by atoms with Gasteiger partial charge in [0.25, 0.3) is 0 Å². The lowest BCUT2D eigenvalue weighted by Gasteiger charge is -2.31. The van der Waals surface area contributed by atoms with Crippen molar-refractivity contribution in [3.05, 3.63) is 72.3 Å². The Morgan fingerprint density at radius 2 is 2.14 bits per heavy atom. The minimum absolute atomic E-state index is 0.000532. The summed E-state index contributed by atoms with van der Waals surface area (Å²) in [5, 5.41) is 2.89. The predicted molar refractivity (Wildman–Crippen MR) is 106 cm³/mol. The van der Waals surface area contributed by atoms with Gasteiger partial charge < -0.3 is 24.7 Å². The number of carbonyl (C=O) groups is 1. The second-order valence-corrected chi connectivity index (χ2v) is 6.54. The fourth-order valence-corrected chi connectivity index (χ4v) is 3.12. The Balaban J connectivity index is 1.36. The lowest BCUT2D eigenvalue weighted by Crippen LogP contribution is -2.32. The molecule has 0 saturated heterocycles. The Morgan fingerprint density at radius 3 is 2.96 bits per heavy atom. The molecule has 0 saturated carbocycles. The van der Waals surface area contributed by atoms with Crippen LogP contribution in [0.3, 0.4) is 0 Å². The topological polar surface area (TPSA) is 79.5 Å². The first-order valence-electron chi connectivity index (χ1n) is 9.19. The van der Waals surface area contributed by atoms with Crippen molar-refractivity contribution in [1.82, 2.24) is 9.97 Å². The van der Waals surface area contributed by atoms with Crippen LogP contribution in [-0.4, -0.2) is 35.6 Å². The monoisotopic (exact) mass is 378 g/mol. The van der Waals surface area contributed by atoms with Gasteiger partial charge in [-0.15, -0.1) is 0 Å². The summed E-state index contributed by atoms with van der Waals surface area (Å²) in [6.45, 7) is 2.47. The van der Waals surface area contributed by atoms with E-state index in [2.05, 4.69) is 20.2 Å².